The highest BCUT2D eigenvalue weighted by Crippen LogP contribution is 2.25. The number of hydrogen-bond donors (Lipinski definition) is 2. The molecule has 2 aromatic rings. The van der Waals surface area contributed by atoms with Gasteiger partial charge in [0.2, 0.25) is 0 Å². The number of anilines is 1. The van der Waals surface area contributed by atoms with Crippen LogP contribution < -0.4 is 10.1 Å². The van der Waals surface area contributed by atoms with E-state index >= 15 is 0 Å². The Labute approximate surface area is 142 Å². The topological polar surface area (TPSA) is 84.9 Å². The molecule has 0 fully saturated rings. The third-order valence-corrected chi connectivity index (χ3v) is 3.03. The lowest BCUT2D eigenvalue weighted by molar-refractivity contribution is -0.146. The van der Waals surface area contributed by atoms with Crippen LogP contribution in [0.15, 0.2) is 48.5 Å². The number of alkyl halides is 2. The molecular weight excluding hydrogens is 336 g/mol. The number of halogens is 2. The van der Waals surface area contributed by atoms with Crippen LogP contribution in [0.4, 0.5) is 14.5 Å². The van der Waals surface area contributed by atoms with Gasteiger partial charge in [-0.15, -0.1) is 0 Å². The zero-order valence-corrected chi connectivity index (χ0v) is 12.9. The molecule has 0 saturated heterocycles. The molecule has 0 saturated carbocycles. The molecule has 2 rings (SSSR count). The van der Waals surface area contributed by atoms with Crippen molar-refractivity contribution in [2.45, 2.75) is 13.0 Å². The second-order valence-corrected chi connectivity index (χ2v) is 4.93. The second-order valence-electron chi connectivity index (χ2n) is 4.93. The minimum absolute atomic E-state index is 0.0439. The Kier molecular flexibility index (Phi) is 6.27. The Morgan fingerprint density at radius 2 is 1.76 bits per heavy atom. The fourth-order valence-corrected chi connectivity index (χ4v) is 1.93. The Hall–Kier alpha value is -3.16. The van der Waals surface area contributed by atoms with Gasteiger partial charge in [-0.1, -0.05) is 24.3 Å². The number of phenols is 1. The van der Waals surface area contributed by atoms with Crippen LogP contribution in [0.1, 0.15) is 5.56 Å². The lowest BCUT2D eigenvalue weighted by Gasteiger charge is -2.11. The number of amides is 1. The minimum Gasteiger partial charge on any atom is -0.508 e. The third kappa shape index (κ3) is 6.09. The monoisotopic (exact) mass is 351 g/mol. The molecule has 0 aliphatic carbocycles. The molecule has 0 bridgehead atoms. The van der Waals surface area contributed by atoms with E-state index in [9.17, 15) is 18.4 Å². The van der Waals surface area contributed by atoms with Gasteiger partial charge in [-0.25, -0.2) is 0 Å². The first-order chi connectivity index (χ1) is 11.9. The molecule has 0 radical (unpaired) electrons. The molecule has 0 aliphatic heterocycles. The number of esters is 1. The van der Waals surface area contributed by atoms with Gasteiger partial charge in [0.15, 0.2) is 6.61 Å². The molecule has 0 aromatic heterocycles. The largest absolute Gasteiger partial charge is 0.508 e. The molecule has 0 unspecified atom stereocenters. The van der Waals surface area contributed by atoms with Crippen LogP contribution >= 0.6 is 0 Å². The highest BCUT2D eigenvalue weighted by Gasteiger charge is 2.13. The summed E-state index contributed by atoms with van der Waals surface area (Å²) in [5, 5.41) is 11.5. The van der Waals surface area contributed by atoms with Gasteiger partial charge in [0.1, 0.15) is 11.5 Å². The van der Waals surface area contributed by atoms with Gasteiger partial charge >= 0.3 is 12.6 Å². The molecule has 132 valence electrons. The summed E-state index contributed by atoms with van der Waals surface area (Å²) in [6, 6.07) is 11.6. The highest BCUT2D eigenvalue weighted by molar-refractivity contribution is 5.94. The van der Waals surface area contributed by atoms with E-state index < -0.39 is 25.1 Å². The van der Waals surface area contributed by atoms with Crippen molar-refractivity contribution in [3.05, 3.63) is 54.1 Å². The standard InChI is InChI=1S/C17H15F2NO5/c18-17(19)25-14-4-2-1-3-13(14)20-15(22)10-24-16(23)9-11-5-7-12(21)8-6-11/h1-8,17,21H,9-10H2,(H,20,22). The number of aromatic hydroxyl groups is 1. The molecule has 2 N–H and O–H groups in total. The number of carbonyl (C=O) groups excluding carboxylic acids is 2. The van der Waals surface area contributed by atoms with Crippen molar-refractivity contribution in [2.75, 3.05) is 11.9 Å². The molecule has 2 aromatic carbocycles. The molecule has 0 atom stereocenters. The molecule has 6 nitrogen and oxygen atoms in total. The molecule has 25 heavy (non-hydrogen) atoms. The molecule has 8 heteroatoms. The molecule has 1 amide bonds. The van der Waals surface area contributed by atoms with E-state index in [0.717, 1.165) is 0 Å². The van der Waals surface area contributed by atoms with Crippen molar-refractivity contribution < 1.29 is 33.0 Å². The summed E-state index contributed by atoms with van der Waals surface area (Å²) in [4.78, 5) is 23.5. The van der Waals surface area contributed by atoms with E-state index in [1.54, 1.807) is 12.1 Å². The molecule has 0 spiro atoms. The predicted molar refractivity (Wildman–Crippen MR) is 84.5 cm³/mol. The van der Waals surface area contributed by atoms with Crippen LogP contribution in [0.2, 0.25) is 0 Å². The lowest BCUT2D eigenvalue weighted by Crippen LogP contribution is -2.22. The van der Waals surface area contributed by atoms with E-state index in [-0.39, 0.29) is 23.6 Å². The third-order valence-electron chi connectivity index (χ3n) is 3.03. The maximum atomic E-state index is 12.3. The maximum absolute atomic E-state index is 12.3. The summed E-state index contributed by atoms with van der Waals surface area (Å²) < 4.78 is 33.7. The average Bonchev–Trinajstić information content (AvgIpc) is 2.56. The van der Waals surface area contributed by atoms with Gasteiger partial charge in [-0.05, 0) is 29.8 Å². The fourth-order valence-electron chi connectivity index (χ4n) is 1.93. The first-order valence-corrected chi connectivity index (χ1v) is 7.21. The van der Waals surface area contributed by atoms with E-state index in [1.807, 2.05) is 0 Å². The van der Waals surface area contributed by atoms with Gasteiger partial charge in [0, 0.05) is 0 Å². The fraction of sp³-hybridized carbons (Fsp3) is 0.176. The molecule has 0 aliphatic rings. The minimum atomic E-state index is -3.03. The Morgan fingerprint density at radius 1 is 1.08 bits per heavy atom. The number of rotatable bonds is 7. The Balaban J connectivity index is 1.84. The van der Waals surface area contributed by atoms with Crippen LogP contribution in [0.3, 0.4) is 0 Å². The van der Waals surface area contributed by atoms with E-state index in [2.05, 4.69) is 10.1 Å². The van der Waals surface area contributed by atoms with Gasteiger partial charge in [-0.3, -0.25) is 9.59 Å². The van der Waals surface area contributed by atoms with Crippen LogP contribution in [0.25, 0.3) is 0 Å². The smallest absolute Gasteiger partial charge is 0.387 e. The van der Waals surface area contributed by atoms with Crippen molar-refractivity contribution in [1.82, 2.24) is 0 Å². The van der Waals surface area contributed by atoms with Crippen molar-refractivity contribution in [3.8, 4) is 11.5 Å². The zero-order chi connectivity index (χ0) is 18.2. The second kappa shape index (κ2) is 8.62. The van der Waals surface area contributed by atoms with Crippen molar-refractivity contribution >= 4 is 17.6 Å². The summed E-state index contributed by atoms with van der Waals surface area (Å²) in [7, 11) is 0. The van der Waals surface area contributed by atoms with Gasteiger partial charge < -0.3 is 19.9 Å². The first-order valence-electron chi connectivity index (χ1n) is 7.21. The molecule has 0 heterocycles. The van der Waals surface area contributed by atoms with E-state index in [0.29, 0.717) is 5.56 Å². The summed E-state index contributed by atoms with van der Waals surface area (Å²) in [5.74, 6) is -1.45. The predicted octanol–water partition coefficient (Wildman–Crippen LogP) is 2.72. The number of phenolic OH excluding ortho intramolecular Hbond substituents is 1. The number of benzene rings is 2. The average molecular weight is 351 g/mol. The quantitative estimate of drug-likeness (QED) is 0.749. The highest BCUT2D eigenvalue weighted by atomic mass is 19.3. The van der Waals surface area contributed by atoms with Gasteiger partial charge in [0.05, 0.1) is 12.1 Å². The van der Waals surface area contributed by atoms with Crippen LogP contribution in [-0.4, -0.2) is 30.2 Å². The molecular formula is C17H15F2NO5. The van der Waals surface area contributed by atoms with Crippen molar-refractivity contribution in [3.63, 3.8) is 0 Å². The van der Waals surface area contributed by atoms with Crippen LogP contribution in [0.5, 0.6) is 11.5 Å². The van der Waals surface area contributed by atoms with Crippen LogP contribution in [0, 0.1) is 0 Å². The maximum Gasteiger partial charge on any atom is 0.387 e. The first kappa shape index (κ1) is 18.2. The van der Waals surface area contributed by atoms with E-state index in [1.165, 1.54) is 36.4 Å². The Bertz CT molecular complexity index is 734. The van der Waals surface area contributed by atoms with Gasteiger partial charge in [0.25, 0.3) is 5.91 Å². The van der Waals surface area contributed by atoms with Crippen molar-refractivity contribution in [2.24, 2.45) is 0 Å². The van der Waals surface area contributed by atoms with E-state index in [4.69, 9.17) is 9.84 Å². The number of para-hydroxylation sites is 2. The SMILES string of the molecule is O=C(COC(=O)Cc1ccc(O)cc1)Nc1ccccc1OC(F)F. The summed E-state index contributed by atoms with van der Waals surface area (Å²) >= 11 is 0. The van der Waals surface area contributed by atoms with Crippen molar-refractivity contribution in [1.29, 1.82) is 0 Å². The number of hydrogen-bond acceptors (Lipinski definition) is 5. The Morgan fingerprint density at radius 3 is 2.44 bits per heavy atom. The summed E-state index contributed by atoms with van der Waals surface area (Å²) in [6.07, 6.45) is -0.0708. The number of carbonyl (C=O) groups is 2. The lowest BCUT2D eigenvalue weighted by atomic mass is 10.1. The number of ether oxygens (including phenoxy) is 2. The zero-order valence-electron chi connectivity index (χ0n) is 12.9. The normalized spacial score (nSPS) is 10.4. The number of nitrogens with one attached hydrogen (secondary N) is 1. The van der Waals surface area contributed by atoms with Crippen LogP contribution in [-0.2, 0) is 20.7 Å². The summed E-state index contributed by atoms with van der Waals surface area (Å²) in [6.45, 7) is -3.60. The summed E-state index contributed by atoms with van der Waals surface area (Å²) in [5.41, 5.74) is 0.654. The van der Waals surface area contributed by atoms with Gasteiger partial charge in [-0.2, -0.15) is 8.78 Å².